The van der Waals surface area contributed by atoms with Crippen molar-refractivity contribution in [3.05, 3.63) is 17.7 Å². The van der Waals surface area contributed by atoms with Crippen LogP contribution in [0.5, 0.6) is 17.2 Å². The third-order valence-electron chi connectivity index (χ3n) is 3.82. The van der Waals surface area contributed by atoms with Gasteiger partial charge in [0, 0.05) is 11.6 Å². The first-order valence-corrected chi connectivity index (χ1v) is 6.47. The molecule has 1 saturated carbocycles. The summed E-state index contributed by atoms with van der Waals surface area (Å²) in [6.45, 7) is 0.922. The van der Waals surface area contributed by atoms with Crippen molar-refractivity contribution in [1.29, 1.82) is 0 Å². The van der Waals surface area contributed by atoms with Gasteiger partial charge in [-0.05, 0) is 18.9 Å². The maximum Gasteiger partial charge on any atom is 0.235 e. The van der Waals surface area contributed by atoms with Crippen molar-refractivity contribution < 1.29 is 19.4 Å². The zero-order valence-electron chi connectivity index (χ0n) is 10.5. The maximum atomic E-state index is 10.8. The molecule has 0 aromatic heterocycles. The first-order valence-electron chi connectivity index (χ1n) is 6.47. The minimum atomic E-state index is -0.620. The minimum absolute atomic E-state index is 0.103. The molecule has 3 rings (SSSR count). The summed E-state index contributed by atoms with van der Waals surface area (Å²) in [6.07, 6.45) is 5.20. The molecule has 1 N–H and O–H groups in total. The summed E-state index contributed by atoms with van der Waals surface area (Å²) in [5.41, 5.74) is 0.119. The SMILES string of the molecule is O=C=NC1(c2cc(O)cc3c2OCCO3)CCCC1. The van der Waals surface area contributed by atoms with Crippen molar-refractivity contribution in [2.24, 2.45) is 4.99 Å². The number of nitrogens with zero attached hydrogens (tertiary/aromatic N) is 1. The van der Waals surface area contributed by atoms with E-state index in [1.807, 2.05) is 0 Å². The quantitative estimate of drug-likeness (QED) is 0.655. The van der Waals surface area contributed by atoms with E-state index in [1.54, 1.807) is 12.1 Å². The van der Waals surface area contributed by atoms with E-state index < -0.39 is 5.54 Å². The van der Waals surface area contributed by atoms with Gasteiger partial charge in [0.15, 0.2) is 11.5 Å². The Balaban J connectivity index is 2.17. The molecule has 0 atom stereocenters. The van der Waals surface area contributed by atoms with Crippen LogP contribution in [0.25, 0.3) is 0 Å². The summed E-state index contributed by atoms with van der Waals surface area (Å²) >= 11 is 0. The lowest BCUT2D eigenvalue weighted by molar-refractivity contribution is 0.166. The lowest BCUT2D eigenvalue weighted by Crippen LogP contribution is -2.24. The number of rotatable bonds is 2. The Morgan fingerprint density at radius 2 is 1.95 bits per heavy atom. The van der Waals surface area contributed by atoms with Crippen LogP contribution in [-0.4, -0.2) is 24.4 Å². The summed E-state index contributed by atoms with van der Waals surface area (Å²) in [7, 11) is 0. The highest BCUT2D eigenvalue weighted by molar-refractivity contribution is 5.56. The molecule has 2 aliphatic rings. The summed E-state index contributed by atoms with van der Waals surface area (Å²) in [4.78, 5) is 14.8. The number of benzene rings is 1. The van der Waals surface area contributed by atoms with Crippen LogP contribution in [0.3, 0.4) is 0 Å². The molecule has 0 spiro atoms. The molecule has 1 aliphatic carbocycles. The van der Waals surface area contributed by atoms with E-state index in [9.17, 15) is 9.90 Å². The number of aromatic hydroxyl groups is 1. The van der Waals surface area contributed by atoms with Gasteiger partial charge in [-0.1, -0.05) is 12.8 Å². The van der Waals surface area contributed by atoms with E-state index in [0.29, 0.717) is 24.7 Å². The Kier molecular flexibility index (Phi) is 2.91. The van der Waals surface area contributed by atoms with Crippen LogP contribution in [0.15, 0.2) is 17.1 Å². The fraction of sp³-hybridized carbons (Fsp3) is 0.500. The summed E-state index contributed by atoms with van der Waals surface area (Å²) in [6, 6.07) is 3.16. The monoisotopic (exact) mass is 261 g/mol. The van der Waals surface area contributed by atoms with Crippen LogP contribution < -0.4 is 9.47 Å². The van der Waals surface area contributed by atoms with Crippen LogP contribution in [0.4, 0.5) is 0 Å². The first-order chi connectivity index (χ1) is 9.25. The number of hydrogen-bond acceptors (Lipinski definition) is 5. The summed E-state index contributed by atoms with van der Waals surface area (Å²) in [5.74, 6) is 1.23. The maximum absolute atomic E-state index is 10.8. The largest absolute Gasteiger partial charge is 0.508 e. The molecular weight excluding hydrogens is 246 g/mol. The lowest BCUT2D eigenvalue weighted by Gasteiger charge is -2.29. The molecule has 0 unspecified atom stereocenters. The second kappa shape index (κ2) is 4.59. The van der Waals surface area contributed by atoms with E-state index in [1.165, 1.54) is 6.07 Å². The van der Waals surface area contributed by atoms with Gasteiger partial charge in [-0.2, -0.15) is 4.99 Å². The second-order valence-electron chi connectivity index (χ2n) is 4.96. The molecule has 1 aromatic rings. The van der Waals surface area contributed by atoms with Crippen molar-refractivity contribution >= 4 is 6.08 Å². The van der Waals surface area contributed by atoms with E-state index in [0.717, 1.165) is 31.2 Å². The van der Waals surface area contributed by atoms with Crippen molar-refractivity contribution in [3.63, 3.8) is 0 Å². The Labute approximate surface area is 110 Å². The van der Waals surface area contributed by atoms with Crippen molar-refractivity contribution in [2.45, 2.75) is 31.2 Å². The van der Waals surface area contributed by atoms with E-state index in [4.69, 9.17) is 9.47 Å². The van der Waals surface area contributed by atoms with Gasteiger partial charge in [0.25, 0.3) is 0 Å². The average Bonchev–Trinajstić information content (AvgIpc) is 2.88. The standard InChI is InChI=1S/C14H15NO4/c16-9-15-14(3-1-2-4-14)11-7-10(17)8-12-13(11)19-6-5-18-12/h7-8,17H,1-6H2. The molecule has 19 heavy (non-hydrogen) atoms. The zero-order chi connectivity index (χ0) is 13.3. The molecule has 0 saturated heterocycles. The number of phenolic OH excluding ortho intramolecular Hbond substituents is 1. The normalized spacial score (nSPS) is 19.8. The zero-order valence-corrected chi connectivity index (χ0v) is 10.5. The van der Waals surface area contributed by atoms with Crippen molar-refractivity contribution in [1.82, 2.24) is 0 Å². The number of aliphatic imine (C=N–C) groups is 1. The van der Waals surface area contributed by atoms with E-state index >= 15 is 0 Å². The van der Waals surface area contributed by atoms with Gasteiger partial charge in [0.1, 0.15) is 24.5 Å². The van der Waals surface area contributed by atoms with Gasteiger partial charge in [0.05, 0.1) is 0 Å². The Morgan fingerprint density at radius 3 is 2.68 bits per heavy atom. The van der Waals surface area contributed by atoms with Gasteiger partial charge >= 0.3 is 0 Å². The molecular formula is C14H15NO4. The first kappa shape index (κ1) is 12.1. The fourth-order valence-corrected chi connectivity index (χ4v) is 2.97. The summed E-state index contributed by atoms with van der Waals surface area (Å²) < 4.78 is 11.2. The molecule has 0 amide bonds. The molecule has 100 valence electrons. The number of ether oxygens (including phenoxy) is 2. The molecule has 1 heterocycles. The number of fused-ring (bicyclic) bond motifs is 1. The van der Waals surface area contributed by atoms with E-state index in [-0.39, 0.29) is 5.75 Å². The van der Waals surface area contributed by atoms with Crippen LogP contribution in [0.2, 0.25) is 0 Å². The van der Waals surface area contributed by atoms with Crippen LogP contribution in [-0.2, 0) is 10.3 Å². The average molecular weight is 261 g/mol. The minimum Gasteiger partial charge on any atom is -0.508 e. The van der Waals surface area contributed by atoms with Crippen molar-refractivity contribution in [2.75, 3.05) is 13.2 Å². The number of isocyanates is 1. The van der Waals surface area contributed by atoms with Crippen LogP contribution in [0, 0.1) is 0 Å². The highest BCUT2D eigenvalue weighted by Crippen LogP contribution is 2.50. The van der Waals surface area contributed by atoms with Crippen LogP contribution >= 0.6 is 0 Å². The summed E-state index contributed by atoms with van der Waals surface area (Å²) in [5, 5.41) is 9.84. The van der Waals surface area contributed by atoms with Gasteiger partial charge in [-0.3, -0.25) is 0 Å². The molecule has 1 aliphatic heterocycles. The molecule has 0 radical (unpaired) electrons. The topological polar surface area (TPSA) is 68.1 Å². The Hall–Kier alpha value is -2.00. The Bertz CT molecular complexity index is 543. The highest BCUT2D eigenvalue weighted by Gasteiger charge is 2.40. The number of hydrogen-bond donors (Lipinski definition) is 1. The molecule has 5 nitrogen and oxygen atoms in total. The van der Waals surface area contributed by atoms with Gasteiger partial charge in [-0.15, -0.1) is 0 Å². The van der Waals surface area contributed by atoms with Crippen molar-refractivity contribution in [3.8, 4) is 17.2 Å². The molecule has 1 aromatic carbocycles. The third-order valence-corrected chi connectivity index (χ3v) is 3.82. The van der Waals surface area contributed by atoms with E-state index in [2.05, 4.69) is 4.99 Å². The van der Waals surface area contributed by atoms with Gasteiger partial charge in [0.2, 0.25) is 6.08 Å². The Morgan fingerprint density at radius 1 is 1.21 bits per heavy atom. The molecule has 1 fully saturated rings. The number of carbonyl (C=O) groups excluding carboxylic acids is 1. The second-order valence-corrected chi connectivity index (χ2v) is 4.96. The highest BCUT2D eigenvalue weighted by atomic mass is 16.6. The smallest absolute Gasteiger partial charge is 0.235 e. The molecule has 5 heteroatoms. The van der Waals surface area contributed by atoms with Gasteiger partial charge in [-0.25, -0.2) is 4.79 Å². The predicted octanol–water partition coefficient (Wildman–Crippen LogP) is 2.27. The lowest BCUT2D eigenvalue weighted by atomic mass is 9.87. The molecule has 0 bridgehead atoms. The van der Waals surface area contributed by atoms with Gasteiger partial charge < -0.3 is 14.6 Å². The predicted molar refractivity (Wildman–Crippen MR) is 67.4 cm³/mol. The third kappa shape index (κ3) is 1.96. The van der Waals surface area contributed by atoms with Crippen LogP contribution in [0.1, 0.15) is 31.2 Å². The fourth-order valence-electron chi connectivity index (χ4n) is 2.97. The number of phenols is 1.